The van der Waals surface area contributed by atoms with Crippen molar-refractivity contribution in [3.05, 3.63) is 65.6 Å². The number of amides is 2. The third kappa shape index (κ3) is 13.3. The van der Waals surface area contributed by atoms with Crippen molar-refractivity contribution in [2.45, 2.75) is 95.2 Å². The van der Waals surface area contributed by atoms with Crippen LogP contribution in [0.4, 0.5) is 40.7 Å². The average Bonchev–Trinajstić information content (AvgIpc) is 3.16. The monoisotopic (exact) mass is 786 g/mol. The van der Waals surface area contributed by atoms with E-state index in [2.05, 4.69) is 55.2 Å². The van der Waals surface area contributed by atoms with Gasteiger partial charge in [0.25, 0.3) is 0 Å². The molecule has 0 bridgehead atoms. The van der Waals surface area contributed by atoms with Gasteiger partial charge in [0.05, 0.1) is 0 Å². The molecule has 55 heavy (non-hydrogen) atoms. The van der Waals surface area contributed by atoms with Gasteiger partial charge in [-0.25, -0.2) is 9.37 Å². The second-order valence-electron chi connectivity index (χ2n) is 14.9. The molecule has 4 aliphatic rings. The maximum Gasteiger partial charge on any atom is 0.421 e. The van der Waals surface area contributed by atoms with Gasteiger partial charge in [0, 0.05) is 80.6 Å². The van der Waals surface area contributed by atoms with E-state index in [0.29, 0.717) is 44.3 Å². The van der Waals surface area contributed by atoms with Gasteiger partial charge in [0.15, 0.2) is 0 Å². The summed E-state index contributed by atoms with van der Waals surface area (Å²) < 4.78 is 57.4. The minimum absolute atomic E-state index is 0.0342. The number of carbonyl (C=O) groups excluding carboxylic acids is 2. The predicted octanol–water partition coefficient (Wildman–Crippen LogP) is 8.10. The van der Waals surface area contributed by atoms with Gasteiger partial charge >= 0.3 is 6.18 Å². The number of alkyl halides is 3. The van der Waals surface area contributed by atoms with Crippen LogP contribution in [0.15, 0.2) is 53.6 Å². The number of aromatic nitrogens is 2. The molecule has 1 atom stereocenters. The fourth-order valence-corrected chi connectivity index (χ4v) is 7.93. The van der Waals surface area contributed by atoms with Gasteiger partial charge in [-0.1, -0.05) is 32.3 Å². The highest BCUT2D eigenvalue weighted by molar-refractivity contribution is 7.97. The molecule has 300 valence electrons. The summed E-state index contributed by atoms with van der Waals surface area (Å²) in [5.41, 5.74) is 1.99. The highest BCUT2D eigenvalue weighted by atomic mass is 32.2. The summed E-state index contributed by atoms with van der Waals surface area (Å²) in [5, 5.41) is 5.33. The topological polar surface area (TPSA) is 106 Å². The molecule has 15 heteroatoms. The van der Waals surface area contributed by atoms with Crippen LogP contribution < -0.4 is 25.2 Å². The molecule has 3 aromatic rings. The van der Waals surface area contributed by atoms with Crippen LogP contribution in [0.1, 0.15) is 82.3 Å². The van der Waals surface area contributed by atoms with E-state index in [9.17, 15) is 27.2 Å². The lowest BCUT2D eigenvalue weighted by atomic mass is 9.96. The maximum absolute atomic E-state index is 13.6. The number of hydrogen-bond donors (Lipinski definition) is 3. The van der Waals surface area contributed by atoms with E-state index in [1.165, 1.54) is 38.2 Å². The molecule has 4 heterocycles. The van der Waals surface area contributed by atoms with Gasteiger partial charge in [-0.05, 0) is 106 Å². The number of nitrogens with one attached hydrogen (secondary N) is 3. The Morgan fingerprint density at radius 3 is 2.22 bits per heavy atom. The van der Waals surface area contributed by atoms with Crippen LogP contribution in [0, 0.1) is 18.7 Å². The summed E-state index contributed by atoms with van der Waals surface area (Å²) >= 11 is 1.64. The Bertz CT molecular complexity index is 1700. The van der Waals surface area contributed by atoms with E-state index in [1.807, 2.05) is 25.1 Å². The van der Waals surface area contributed by atoms with Crippen molar-refractivity contribution in [1.29, 1.82) is 0 Å². The number of piperazine rings is 1. The lowest BCUT2D eigenvalue weighted by Crippen LogP contribution is -2.44. The maximum atomic E-state index is 13.6. The van der Waals surface area contributed by atoms with Crippen molar-refractivity contribution in [3.8, 4) is 0 Å². The Balaban J connectivity index is 0.000000214. The van der Waals surface area contributed by atoms with Gasteiger partial charge in [0.1, 0.15) is 17.2 Å². The van der Waals surface area contributed by atoms with Crippen molar-refractivity contribution in [2.24, 2.45) is 5.92 Å². The molecule has 1 aliphatic carbocycles. The molecule has 3 saturated heterocycles. The number of nitrogens with zero attached hydrogens (tertiary/aromatic N) is 5. The molecular formula is C40H54F4N8O2S. The largest absolute Gasteiger partial charge is 0.421 e. The van der Waals surface area contributed by atoms with Crippen LogP contribution in [0.3, 0.4) is 0 Å². The summed E-state index contributed by atoms with van der Waals surface area (Å²) in [6, 6.07) is 13.4. The summed E-state index contributed by atoms with van der Waals surface area (Å²) in [4.78, 5) is 36.4. The first kappa shape index (κ1) is 42.2. The second-order valence-corrected chi connectivity index (χ2v) is 15.8. The molecule has 1 aromatic heterocycles. The van der Waals surface area contributed by atoms with Crippen LogP contribution >= 0.6 is 11.9 Å². The molecule has 10 nitrogen and oxygen atoms in total. The molecule has 7 rings (SSSR count). The van der Waals surface area contributed by atoms with Gasteiger partial charge in [-0.2, -0.15) is 18.2 Å². The third-order valence-electron chi connectivity index (χ3n) is 10.2. The molecule has 1 saturated carbocycles. The number of piperidine rings is 2. The molecule has 0 radical (unpaired) electrons. The van der Waals surface area contributed by atoms with Crippen LogP contribution in [0.2, 0.25) is 0 Å². The standard InChI is InChI=1S/C24H32F3N5S.C11H15FN2.C5H7NO2/c1-16-7-6-12-32(15-16)22-20(24(25,26)27)14-28-23(30-22)29-21-11-10-19(13-17(21)2)33-31-18-8-4-3-5-9-18;1-13-5-7-14(8-6-13)11-4-2-3-10(12)9-11;7-4-2-1-3-5(8)6-4/h10-11,13-14,16,18,31H,3-9,12,15H2,1-2H3,(H,28,29,30);2-4,9H,5-8H2,1H3;1-3H2,(H,6,7,8). The number of carbonyl (C=O) groups is 2. The molecule has 1 unspecified atom stereocenters. The SMILES string of the molecule is CN1CCN(c2cccc(F)c2)CC1.Cc1cc(SNC2CCCCC2)ccc1Nc1ncc(C(F)(F)F)c(N2CCCC(C)C2)n1.O=C1CCCC(=O)N1. The Morgan fingerprint density at radius 1 is 0.873 bits per heavy atom. The first-order valence-electron chi connectivity index (χ1n) is 19.3. The second kappa shape index (κ2) is 20.3. The van der Waals surface area contributed by atoms with Gasteiger partial charge in [0.2, 0.25) is 17.8 Å². The zero-order chi connectivity index (χ0) is 39.4. The van der Waals surface area contributed by atoms with E-state index in [0.717, 1.165) is 67.1 Å². The zero-order valence-electron chi connectivity index (χ0n) is 32.1. The van der Waals surface area contributed by atoms with Crippen molar-refractivity contribution >= 4 is 46.9 Å². The third-order valence-corrected chi connectivity index (χ3v) is 11.1. The number of benzene rings is 2. The predicted molar refractivity (Wildman–Crippen MR) is 211 cm³/mol. The average molecular weight is 787 g/mol. The molecule has 4 fully saturated rings. The van der Waals surface area contributed by atoms with Crippen LogP contribution in [0.5, 0.6) is 0 Å². The summed E-state index contributed by atoms with van der Waals surface area (Å²) in [7, 11) is 2.11. The first-order valence-corrected chi connectivity index (χ1v) is 20.2. The Hall–Kier alpha value is -3.95. The number of rotatable bonds is 7. The number of likely N-dealkylation sites (N-methyl/N-ethyl adjacent to an activating group) is 1. The van der Waals surface area contributed by atoms with Crippen molar-refractivity contribution < 1.29 is 27.2 Å². The van der Waals surface area contributed by atoms with E-state index in [4.69, 9.17) is 0 Å². The molecule has 2 aromatic carbocycles. The Labute approximate surface area is 326 Å². The summed E-state index contributed by atoms with van der Waals surface area (Å²) in [6.45, 7) is 9.25. The molecule has 0 spiro atoms. The minimum Gasteiger partial charge on any atom is -0.369 e. The zero-order valence-corrected chi connectivity index (χ0v) is 32.9. The number of anilines is 4. The first-order chi connectivity index (χ1) is 26.3. The molecule has 3 aliphatic heterocycles. The van der Waals surface area contributed by atoms with Crippen LogP contribution in [0.25, 0.3) is 0 Å². The van der Waals surface area contributed by atoms with E-state index in [1.54, 1.807) is 29.0 Å². The fourth-order valence-electron chi connectivity index (χ4n) is 7.02. The van der Waals surface area contributed by atoms with Gasteiger partial charge < -0.3 is 20.0 Å². The molecule has 3 N–H and O–H groups in total. The summed E-state index contributed by atoms with van der Waals surface area (Å²) in [6.07, 6.45) is 6.34. The van der Waals surface area contributed by atoms with Crippen molar-refractivity contribution in [2.75, 3.05) is 61.4 Å². The van der Waals surface area contributed by atoms with Crippen molar-refractivity contribution in [3.63, 3.8) is 0 Å². The smallest absolute Gasteiger partial charge is 0.369 e. The van der Waals surface area contributed by atoms with E-state index >= 15 is 0 Å². The number of hydrogen-bond acceptors (Lipinski definition) is 10. The normalized spacial score (nSPS) is 19.8. The Morgan fingerprint density at radius 2 is 1.60 bits per heavy atom. The van der Waals surface area contributed by atoms with E-state index < -0.39 is 11.7 Å². The van der Waals surface area contributed by atoms with Gasteiger partial charge in [-0.3, -0.25) is 19.6 Å². The number of aryl methyl sites for hydroxylation is 1. The van der Waals surface area contributed by atoms with E-state index in [-0.39, 0.29) is 29.4 Å². The quantitative estimate of drug-likeness (QED) is 0.124. The lowest BCUT2D eigenvalue weighted by Gasteiger charge is -2.34. The minimum atomic E-state index is -4.49. The molecular weight excluding hydrogens is 733 g/mol. The highest BCUT2D eigenvalue weighted by Gasteiger charge is 2.37. The van der Waals surface area contributed by atoms with Crippen molar-refractivity contribution in [1.82, 2.24) is 24.9 Å². The molecule has 2 amide bonds. The Kier molecular flexibility index (Phi) is 15.6. The summed E-state index contributed by atoms with van der Waals surface area (Å²) in [5.74, 6) is 0.0535. The van der Waals surface area contributed by atoms with Crippen LogP contribution in [-0.4, -0.2) is 79.0 Å². The number of imide groups is 1. The number of halogens is 4. The fraction of sp³-hybridized carbons (Fsp3) is 0.550. The lowest BCUT2D eigenvalue weighted by molar-refractivity contribution is -0.137. The van der Waals surface area contributed by atoms with Gasteiger partial charge in [-0.15, -0.1) is 0 Å². The van der Waals surface area contributed by atoms with Crippen LogP contribution in [-0.2, 0) is 15.8 Å². The highest BCUT2D eigenvalue weighted by Crippen LogP contribution is 2.37.